The monoisotopic (exact) mass is 1390 g/mol. The Morgan fingerprint density at radius 2 is 0.885 bits per heavy atom. The number of ether oxygens (including phenoxy) is 6. The number of hydrogen-bond acceptors (Lipinski definition) is 16. The molecule has 0 radical (unpaired) electrons. The number of aromatic nitrogens is 6. The van der Waals surface area contributed by atoms with Crippen LogP contribution in [0.2, 0.25) is 0 Å². The summed E-state index contributed by atoms with van der Waals surface area (Å²) >= 11 is 2.64. The summed E-state index contributed by atoms with van der Waals surface area (Å²) in [6.07, 6.45) is -3.81. The van der Waals surface area contributed by atoms with E-state index in [4.69, 9.17) is 28.4 Å². The standard InChI is InChI=1S/2C32H30F6N4O5S/c2*1-19(31(44,15-42-18-39-17-40-42)26-11-6-22(33)12-27(26)34)48-25-13-45-29(46-14-25)21-4-2-20(3-5-21)28(43)41-23-7-9-24(10-8-23)47-16-32(37,38)30(35)36/h2*2-12,17-19,25,29-30,44H,13-16H2,1H3,(H,41,43)/t2*19-,25?,29?,31-/m11/s1. The van der Waals surface area contributed by atoms with Crippen LogP contribution in [0.4, 0.5) is 64.1 Å². The third kappa shape index (κ3) is 18.6. The molecule has 0 aliphatic carbocycles. The summed E-state index contributed by atoms with van der Waals surface area (Å²) in [7, 11) is 0. The molecular formula is C64H60F12N8O10S2. The number of thioether (sulfide) groups is 2. The van der Waals surface area contributed by atoms with Crippen LogP contribution in [0.15, 0.2) is 159 Å². The zero-order valence-corrected chi connectivity index (χ0v) is 52.1. The van der Waals surface area contributed by atoms with Crippen molar-refractivity contribution in [3.8, 4) is 11.5 Å². The van der Waals surface area contributed by atoms with Crippen LogP contribution in [0, 0.1) is 23.3 Å². The first kappa shape index (κ1) is 72.0. The second-order valence-corrected chi connectivity index (χ2v) is 25.3. The summed E-state index contributed by atoms with van der Waals surface area (Å²) < 4.78 is 194. The average molecular weight is 1390 g/mol. The van der Waals surface area contributed by atoms with E-state index in [1.54, 1.807) is 62.4 Å². The fraction of sp³-hybridized carbons (Fsp3) is 0.344. The molecule has 2 amide bonds. The SMILES string of the molecule is C[C@@H](SC1COC(c2ccc(C(=O)Nc3ccc(OCC(F)(F)C(F)F)cc3)cc2)OC1)[C@](O)(Cn1cncn1)c1ccc(F)cc1F.C[C@@H](SC1COC(c2ccc(C(=O)Nc3ccc(OCC(F)(F)C(F)F)cc3)cc2)OC1)[C@](O)(Cn1cncn1)c1ccc(F)cc1F. The third-order valence-electron chi connectivity index (χ3n) is 15.0. The lowest BCUT2D eigenvalue weighted by atomic mass is 9.90. The lowest BCUT2D eigenvalue weighted by Gasteiger charge is -2.37. The number of amides is 2. The highest BCUT2D eigenvalue weighted by molar-refractivity contribution is 8.00. The van der Waals surface area contributed by atoms with Gasteiger partial charge in [-0.2, -0.15) is 27.8 Å². The largest absolute Gasteiger partial charge is 0.487 e. The molecule has 8 aromatic rings. The Hall–Kier alpha value is -8.24. The maximum Gasteiger partial charge on any atom is 0.340 e. The molecule has 4 atom stereocenters. The molecule has 2 aliphatic heterocycles. The Bertz CT molecular complexity index is 3560. The first-order chi connectivity index (χ1) is 45.7. The van der Waals surface area contributed by atoms with Crippen molar-refractivity contribution in [2.24, 2.45) is 0 Å². The van der Waals surface area contributed by atoms with Gasteiger partial charge in [-0.25, -0.2) is 54.5 Å². The predicted octanol–water partition coefficient (Wildman–Crippen LogP) is 12.4. The molecule has 0 saturated carbocycles. The number of carbonyl (C=O) groups is 2. The van der Waals surface area contributed by atoms with Gasteiger partial charge in [-0.3, -0.25) is 9.59 Å². The molecule has 2 aliphatic rings. The number of aliphatic hydroxyl groups is 2. The number of hydrogen-bond donors (Lipinski definition) is 4. The molecule has 18 nitrogen and oxygen atoms in total. The number of halogens is 12. The van der Waals surface area contributed by atoms with Gasteiger partial charge in [-0.1, -0.05) is 50.2 Å². The Balaban J connectivity index is 0.000000225. The minimum Gasteiger partial charge on any atom is -0.487 e. The highest BCUT2D eigenvalue weighted by Crippen LogP contribution is 2.42. The molecule has 10 rings (SSSR count). The van der Waals surface area contributed by atoms with Gasteiger partial charge in [0.05, 0.1) is 50.0 Å². The van der Waals surface area contributed by atoms with Gasteiger partial charge in [0, 0.05) is 67.4 Å². The molecule has 4 N–H and O–H groups in total. The van der Waals surface area contributed by atoms with Crippen molar-refractivity contribution in [3.05, 3.63) is 215 Å². The Morgan fingerprint density at radius 3 is 1.19 bits per heavy atom. The summed E-state index contributed by atoms with van der Waals surface area (Å²) in [5.74, 6) is -12.9. The quantitative estimate of drug-likeness (QED) is 0.0371. The maximum absolute atomic E-state index is 14.9. The van der Waals surface area contributed by atoms with Crippen molar-refractivity contribution in [2.45, 2.75) is 96.4 Å². The molecule has 4 heterocycles. The van der Waals surface area contributed by atoms with Crippen LogP contribution < -0.4 is 20.1 Å². The Labute approximate surface area is 548 Å². The Kier molecular flexibility index (Phi) is 23.8. The van der Waals surface area contributed by atoms with E-state index >= 15 is 0 Å². The number of carbonyl (C=O) groups excluding carboxylic acids is 2. The smallest absolute Gasteiger partial charge is 0.340 e. The van der Waals surface area contributed by atoms with E-state index in [1.165, 1.54) is 119 Å². The van der Waals surface area contributed by atoms with Crippen LogP contribution >= 0.6 is 23.5 Å². The van der Waals surface area contributed by atoms with E-state index in [1.807, 2.05) is 0 Å². The molecule has 0 bridgehead atoms. The number of alkyl halides is 8. The molecule has 6 aromatic carbocycles. The predicted molar refractivity (Wildman–Crippen MR) is 326 cm³/mol. The lowest BCUT2D eigenvalue weighted by molar-refractivity contribution is -0.180. The van der Waals surface area contributed by atoms with Gasteiger partial charge in [0.15, 0.2) is 25.8 Å². The molecule has 512 valence electrons. The fourth-order valence-electron chi connectivity index (χ4n) is 9.73. The van der Waals surface area contributed by atoms with Crippen LogP contribution in [0.25, 0.3) is 0 Å². The summed E-state index contributed by atoms with van der Waals surface area (Å²) in [6.45, 7) is 1.13. The number of benzene rings is 6. The lowest BCUT2D eigenvalue weighted by Crippen LogP contribution is -2.43. The fourth-order valence-corrected chi connectivity index (χ4v) is 12.4. The first-order valence-corrected chi connectivity index (χ1v) is 30.9. The van der Waals surface area contributed by atoms with Crippen LogP contribution in [-0.4, -0.2) is 137 Å². The zero-order chi connectivity index (χ0) is 69.0. The van der Waals surface area contributed by atoms with E-state index in [-0.39, 0.29) is 72.6 Å². The molecular weight excluding hydrogens is 1330 g/mol. The van der Waals surface area contributed by atoms with Crippen molar-refractivity contribution in [3.63, 3.8) is 0 Å². The molecule has 96 heavy (non-hydrogen) atoms. The van der Waals surface area contributed by atoms with E-state index < -0.39 is 107 Å². The van der Waals surface area contributed by atoms with E-state index in [0.717, 1.165) is 24.3 Å². The second-order valence-electron chi connectivity index (χ2n) is 22.0. The van der Waals surface area contributed by atoms with Gasteiger partial charge in [0.2, 0.25) is 0 Å². The summed E-state index contributed by atoms with van der Waals surface area (Å²) in [5.41, 5.74) is -1.21. The van der Waals surface area contributed by atoms with Gasteiger partial charge in [0.1, 0.15) is 71.3 Å². The number of nitrogens with one attached hydrogen (secondary N) is 2. The van der Waals surface area contributed by atoms with E-state index in [0.29, 0.717) is 33.6 Å². The van der Waals surface area contributed by atoms with Crippen molar-refractivity contribution < 1.29 is 101 Å². The molecule has 2 aromatic heterocycles. The molecule has 0 spiro atoms. The average Bonchev–Trinajstić information content (AvgIpc) is 1.20. The summed E-state index contributed by atoms with van der Waals surface area (Å²) in [6, 6.07) is 29.5. The Morgan fingerprint density at radius 1 is 0.542 bits per heavy atom. The zero-order valence-electron chi connectivity index (χ0n) is 50.5. The summed E-state index contributed by atoms with van der Waals surface area (Å²) in [4.78, 5) is 33.2. The molecule has 32 heteroatoms. The maximum atomic E-state index is 14.9. The highest BCUT2D eigenvalue weighted by atomic mass is 32.2. The highest BCUT2D eigenvalue weighted by Gasteiger charge is 2.45. The van der Waals surface area contributed by atoms with Crippen LogP contribution in [0.1, 0.15) is 69.4 Å². The molecule has 0 unspecified atom stereocenters. The van der Waals surface area contributed by atoms with Crippen LogP contribution in [0.3, 0.4) is 0 Å². The molecule has 2 fully saturated rings. The van der Waals surface area contributed by atoms with Gasteiger partial charge >= 0.3 is 24.7 Å². The minimum atomic E-state index is -4.29. The van der Waals surface area contributed by atoms with E-state index in [2.05, 4.69) is 30.8 Å². The topological polar surface area (TPSA) is 215 Å². The van der Waals surface area contributed by atoms with Crippen molar-refractivity contribution >= 4 is 46.7 Å². The first-order valence-electron chi connectivity index (χ1n) is 29.1. The molecule has 2 saturated heterocycles. The van der Waals surface area contributed by atoms with Crippen LogP contribution in [0.5, 0.6) is 11.5 Å². The van der Waals surface area contributed by atoms with Gasteiger partial charge in [-0.05, 0) is 84.9 Å². The number of rotatable bonds is 26. The number of nitrogens with zero attached hydrogens (tertiary/aromatic N) is 6. The van der Waals surface area contributed by atoms with Crippen molar-refractivity contribution in [1.29, 1.82) is 0 Å². The van der Waals surface area contributed by atoms with Crippen molar-refractivity contribution in [2.75, 3.05) is 50.3 Å². The van der Waals surface area contributed by atoms with Gasteiger partial charge in [0.25, 0.3) is 11.8 Å². The van der Waals surface area contributed by atoms with Gasteiger partial charge in [-0.15, -0.1) is 23.5 Å². The van der Waals surface area contributed by atoms with Gasteiger partial charge < -0.3 is 49.3 Å². The summed E-state index contributed by atoms with van der Waals surface area (Å²) in [5, 5.41) is 35.1. The normalized spacial score (nSPS) is 18.7. The third-order valence-corrected chi connectivity index (χ3v) is 17.9. The number of anilines is 2. The second kappa shape index (κ2) is 31.8. The van der Waals surface area contributed by atoms with E-state index in [9.17, 15) is 72.5 Å². The van der Waals surface area contributed by atoms with Crippen LogP contribution in [-0.2, 0) is 43.2 Å². The minimum absolute atomic E-state index is 0.0653. The van der Waals surface area contributed by atoms with Crippen molar-refractivity contribution in [1.82, 2.24) is 29.5 Å².